The zero-order chi connectivity index (χ0) is 23.3. The fourth-order valence-corrected chi connectivity index (χ4v) is 4.92. The SMILES string of the molecule is O=C(NCCC(=O)N1CCC(NS(=O)(=O)c2ccc(F)cc2)CC1)c1ccc(F)cc1Cl. The summed E-state index contributed by atoms with van der Waals surface area (Å²) >= 11 is 5.85. The van der Waals surface area contributed by atoms with Gasteiger partial charge in [-0.1, -0.05) is 11.6 Å². The second-order valence-electron chi connectivity index (χ2n) is 7.36. The Balaban J connectivity index is 1.43. The summed E-state index contributed by atoms with van der Waals surface area (Å²) in [5.74, 6) is -1.75. The van der Waals surface area contributed by atoms with Gasteiger partial charge >= 0.3 is 0 Å². The summed E-state index contributed by atoms with van der Waals surface area (Å²) in [6, 6.07) is 7.66. The molecule has 2 amide bonds. The Hall–Kier alpha value is -2.56. The standard InChI is InChI=1S/C21H22ClF2N3O4S/c22-19-13-15(24)3-6-18(19)21(29)25-10-7-20(28)27-11-8-16(9-12-27)26-32(30,31)17-4-1-14(23)2-5-17/h1-6,13,16,26H,7-12H2,(H,25,29). The lowest BCUT2D eigenvalue weighted by molar-refractivity contribution is -0.132. The molecule has 1 aliphatic rings. The molecule has 1 saturated heterocycles. The van der Waals surface area contributed by atoms with Crippen molar-refractivity contribution in [2.24, 2.45) is 0 Å². The van der Waals surface area contributed by atoms with Gasteiger partial charge < -0.3 is 10.2 Å². The molecule has 172 valence electrons. The highest BCUT2D eigenvalue weighted by molar-refractivity contribution is 7.89. The second kappa shape index (κ2) is 10.4. The van der Waals surface area contributed by atoms with Crippen molar-refractivity contribution >= 4 is 33.4 Å². The number of hydrogen-bond acceptors (Lipinski definition) is 4. The zero-order valence-corrected chi connectivity index (χ0v) is 18.6. The van der Waals surface area contributed by atoms with Gasteiger partial charge in [-0.25, -0.2) is 21.9 Å². The number of likely N-dealkylation sites (tertiary alicyclic amines) is 1. The molecule has 1 heterocycles. The van der Waals surface area contributed by atoms with Gasteiger partial charge in [-0.3, -0.25) is 9.59 Å². The average Bonchev–Trinajstić information content (AvgIpc) is 2.74. The second-order valence-corrected chi connectivity index (χ2v) is 9.48. The summed E-state index contributed by atoms with van der Waals surface area (Å²) in [6.07, 6.45) is 0.934. The Bertz CT molecular complexity index is 1090. The summed E-state index contributed by atoms with van der Waals surface area (Å²) in [5, 5.41) is 2.56. The minimum atomic E-state index is -3.77. The lowest BCUT2D eigenvalue weighted by Crippen LogP contribution is -2.47. The summed E-state index contributed by atoms with van der Waals surface area (Å²) < 4.78 is 53.5. The van der Waals surface area contributed by atoms with E-state index in [1.165, 1.54) is 18.2 Å². The lowest BCUT2D eigenvalue weighted by Gasteiger charge is -2.32. The van der Waals surface area contributed by atoms with Gasteiger partial charge in [0.15, 0.2) is 0 Å². The number of nitrogens with one attached hydrogen (secondary N) is 2. The molecule has 0 radical (unpaired) electrons. The van der Waals surface area contributed by atoms with Gasteiger partial charge in [0.1, 0.15) is 11.6 Å². The minimum absolute atomic E-state index is 0.0148. The van der Waals surface area contributed by atoms with Crippen LogP contribution < -0.4 is 10.0 Å². The Kier molecular flexibility index (Phi) is 7.81. The van der Waals surface area contributed by atoms with Gasteiger partial charge in [-0.05, 0) is 55.3 Å². The molecule has 1 fully saturated rings. The Morgan fingerprint density at radius 1 is 1.03 bits per heavy atom. The molecule has 2 N–H and O–H groups in total. The number of hydrogen-bond donors (Lipinski definition) is 2. The normalized spacial score (nSPS) is 14.9. The van der Waals surface area contributed by atoms with Gasteiger partial charge in [0, 0.05) is 32.1 Å². The fourth-order valence-electron chi connectivity index (χ4n) is 3.36. The number of sulfonamides is 1. The third kappa shape index (κ3) is 6.24. The molecule has 32 heavy (non-hydrogen) atoms. The monoisotopic (exact) mass is 485 g/mol. The van der Waals surface area contributed by atoms with Crippen molar-refractivity contribution in [2.75, 3.05) is 19.6 Å². The smallest absolute Gasteiger partial charge is 0.252 e. The number of carbonyl (C=O) groups is 2. The van der Waals surface area contributed by atoms with Crippen LogP contribution in [0.4, 0.5) is 8.78 Å². The first-order valence-corrected chi connectivity index (χ1v) is 11.8. The van der Waals surface area contributed by atoms with E-state index < -0.39 is 27.6 Å². The Morgan fingerprint density at radius 2 is 1.66 bits per heavy atom. The van der Waals surface area contributed by atoms with Crippen LogP contribution in [0.15, 0.2) is 47.4 Å². The van der Waals surface area contributed by atoms with Crippen LogP contribution in [-0.4, -0.2) is 50.8 Å². The van der Waals surface area contributed by atoms with Crippen molar-refractivity contribution in [3.63, 3.8) is 0 Å². The van der Waals surface area contributed by atoms with E-state index >= 15 is 0 Å². The summed E-state index contributed by atoms with van der Waals surface area (Å²) in [4.78, 5) is 26.1. The molecular formula is C21H22ClF2N3O4S. The quantitative estimate of drug-likeness (QED) is 0.630. The molecule has 11 heteroatoms. The number of carbonyl (C=O) groups excluding carboxylic acids is 2. The van der Waals surface area contributed by atoms with E-state index in [4.69, 9.17) is 11.6 Å². The van der Waals surface area contributed by atoms with Crippen LogP contribution in [0, 0.1) is 11.6 Å². The number of amides is 2. The van der Waals surface area contributed by atoms with Crippen molar-refractivity contribution in [2.45, 2.75) is 30.2 Å². The minimum Gasteiger partial charge on any atom is -0.351 e. The lowest BCUT2D eigenvalue weighted by atomic mass is 10.1. The highest BCUT2D eigenvalue weighted by Gasteiger charge is 2.26. The highest BCUT2D eigenvalue weighted by Crippen LogP contribution is 2.18. The van der Waals surface area contributed by atoms with Gasteiger partial charge in [0.2, 0.25) is 15.9 Å². The Morgan fingerprint density at radius 3 is 2.28 bits per heavy atom. The zero-order valence-electron chi connectivity index (χ0n) is 17.0. The van der Waals surface area contributed by atoms with E-state index in [9.17, 15) is 26.8 Å². The molecule has 0 aromatic heterocycles. The summed E-state index contributed by atoms with van der Waals surface area (Å²) in [6.45, 7) is 0.822. The molecule has 2 aromatic rings. The first-order chi connectivity index (χ1) is 15.2. The van der Waals surface area contributed by atoms with Crippen LogP contribution in [0.1, 0.15) is 29.6 Å². The van der Waals surface area contributed by atoms with E-state index in [1.54, 1.807) is 4.90 Å². The summed E-state index contributed by atoms with van der Waals surface area (Å²) in [7, 11) is -3.77. The predicted octanol–water partition coefficient (Wildman–Crippen LogP) is 2.71. The van der Waals surface area contributed by atoms with E-state index in [2.05, 4.69) is 10.0 Å². The highest BCUT2D eigenvalue weighted by atomic mass is 35.5. The molecule has 0 bridgehead atoms. The third-order valence-corrected chi connectivity index (χ3v) is 6.94. The van der Waals surface area contributed by atoms with Gasteiger partial charge in [0.25, 0.3) is 5.91 Å². The van der Waals surface area contributed by atoms with E-state index in [1.807, 2.05) is 0 Å². The number of piperidine rings is 1. The topological polar surface area (TPSA) is 95.6 Å². The van der Waals surface area contributed by atoms with Crippen molar-refractivity contribution in [3.8, 4) is 0 Å². The molecule has 0 aliphatic carbocycles. The van der Waals surface area contributed by atoms with Crippen molar-refractivity contribution in [1.29, 1.82) is 0 Å². The maximum Gasteiger partial charge on any atom is 0.252 e. The van der Waals surface area contributed by atoms with Crippen LogP contribution in [-0.2, 0) is 14.8 Å². The molecule has 0 saturated carbocycles. The first-order valence-electron chi connectivity index (χ1n) is 9.94. The predicted molar refractivity (Wildman–Crippen MR) is 115 cm³/mol. The van der Waals surface area contributed by atoms with Gasteiger partial charge in [0.05, 0.1) is 15.5 Å². The number of nitrogens with zero attached hydrogens (tertiary/aromatic N) is 1. The van der Waals surface area contributed by atoms with E-state index in [-0.39, 0.29) is 40.4 Å². The number of rotatable bonds is 7. The van der Waals surface area contributed by atoms with Crippen LogP contribution >= 0.6 is 11.6 Å². The number of benzene rings is 2. The van der Waals surface area contributed by atoms with Crippen LogP contribution in [0.25, 0.3) is 0 Å². The van der Waals surface area contributed by atoms with Crippen molar-refractivity contribution in [3.05, 3.63) is 64.7 Å². The first kappa shape index (κ1) is 24.1. The maximum atomic E-state index is 13.1. The van der Waals surface area contributed by atoms with Crippen molar-refractivity contribution < 1.29 is 26.8 Å². The molecule has 3 rings (SSSR count). The van der Waals surface area contributed by atoms with Crippen LogP contribution in [0.3, 0.4) is 0 Å². The fraction of sp³-hybridized carbons (Fsp3) is 0.333. The average molecular weight is 486 g/mol. The molecule has 0 atom stereocenters. The summed E-state index contributed by atoms with van der Waals surface area (Å²) in [5.41, 5.74) is 0.120. The number of halogens is 3. The Labute approximate surface area is 189 Å². The molecular weight excluding hydrogens is 464 g/mol. The van der Waals surface area contributed by atoms with Gasteiger partial charge in [-0.2, -0.15) is 0 Å². The maximum absolute atomic E-state index is 13.1. The molecule has 0 spiro atoms. The third-order valence-electron chi connectivity index (χ3n) is 5.09. The largest absolute Gasteiger partial charge is 0.351 e. The van der Waals surface area contributed by atoms with E-state index in [0.29, 0.717) is 25.9 Å². The van der Waals surface area contributed by atoms with E-state index in [0.717, 1.165) is 24.3 Å². The molecule has 2 aromatic carbocycles. The van der Waals surface area contributed by atoms with Crippen molar-refractivity contribution in [1.82, 2.24) is 14.9 Å². The molecule has 0 unspecified atom stereocenters. The molecule has 7 nitrogen and oxygen atoms in total. The van der Waals surface area contributed by atoms with Gasteiger partial charge in [-0.15, -0.1) is 0 Å². The van der Waals surface area contributed by atoms with Crippen LogP contribution in [0.2, 0.25) is 5.02 Å². The van der Waals surface area contributed by atoms with Crippen LogP contribution in [0.5, 0.6) is 0 Å². The molecule has 1 aliphatic heterocycles.